The number of nitrogens with one attached hydrogen (secondary N) is 1. The number of rotatable bonds is 4. The summed E-state index contributed by atoms with van der Waals surface area (Å²) in [4.78, 5) is 4.57. The molecule has 2 rings (SSSR count). The van der Waals surface area contributed by atoms with Crippen molar-refractivity contribution in [1.82, 2.24) is 10.3 Å². The van der Waals surface area contributed by atoms with Gasteiger partial charge < -0.3 is 5.32 Å². The third-order valence-electron chi connectivity index (χ3n) is 2.91. The molecule has 0 saturated carbocycles. The highest BCUT2D eigenvalue weighted by Gasteiger charge is 2.17. The molecule has 0 aliphatic heterocycles. The van der Waals surface area contributed by atoms with Gasteiger partial charge in [0.1, 0.15) is 5.01 Å². The first-order valence-electron chi connectivity index (χ1n) is 6.46. The van der Waals surface area contributed by atoms with Crippen molar-refractivity contribution in [2.75, 3.05) is 0 Å². The summed E-state index contributed by atoms with van der Waals surface area (Å²) >= 11 is 1.61. The zero-order valence-corrected chi connectivity index (χ0v) is 12.7. The maximum absolute atomic E-state index is 13.1. The summed E-state index contributed by atoms with van der Waals surface area (Å²) in [5.74, 6) is -1.63. The topological polar surface area (TPSA) is 24.9 Å². The number of nitrogens with zero attached hydrogens (tertiary/aromatic N) is 1. The van der Waals surface area contributed by atoms with Crippen molar-refractivity contribution in [3.05, 3.63) is 51.5 Å². The second-order valence-electron chi connectivity index (χ2n) is 5.73. The van der Waals surface area contributed by atoms with Gasteiger partial charge in [-0.25, -0.2) is 13.8 Å². The van der Waals surface area contributed by atoms with Gasteiger partial charge in [-0.1, -0.05) is 26.8 Å². The minimum Gasteiger partial charge on any atom is -0.306 e. The maximum Gasteiger partial charge on any atom is 0.159 e. The molecule has 0 atom stereocenters. The molecule has 0 radical (unpaired) electrons. The molecule has 0 bridgehead atoms. The average Bonchev–Trinajstić information content (AvgIpc) is 2.82. The Morgan fingerprint density at radius 2 is 1.90 bits per heavy atom. The Bertz CT molecular complexity index is 588. The van der Waals surface area contributed by atoms with E-state index in [0.717, 1.165) is 22.3 Å². The van der Waals surface area contributed by atoms with E-state index >= 15 is 0 Å². The van der Waals surface area contributed by atoms with Gasteiger partial charge in [-0.2, -0.15) is 0 Å². The summed E-state index contributed by atoms with van der Waals surface area (Å²) in [6.45, 7) is 7.49. The smallest absolute Gasteiger partial charge is 0.159 e. The highest BCUT2D eigenvalue weighted by Crippen LogP contribution is 2.23. The second-order valence-corrected chi connectivity index (χ2v) is 6.67. The summed E-state index contributed by atoms with van der Waals surface area (Å²) in [6.07, 6.45) is 0. The van der Waals surface area contributed by atoms with Gasteiger partial charge in [-0.3, -0.25) is 0 Å². The quantitative estimate of drug-likeness (QED) is 0.922. The third kappa shape index (κ3) is 3.84. The summed E-state index contributed by atoms with van der Waals surface area (Å²) in [7, 11) is 0. The molecular weight excluding hydrogens is 278 g/mol. The van der Waals surface area contributed by atoms with E-state index in [2.05, 4.69) is 36.5 Å². The molecular formula is C15H18F2N2S. The molecule has 2 aromatic rings. The van der Waals surface area contributed by atoms with Crippen LogP contribution in [0.2, 0.25) is 0 Å². The normalized spacial score (nSPS) is 11.8. The monoisotopic (exact) mass is 296 g/mol. The van der Waals surface area contributed by atoms with Gasteiger partial charge >= 0.3 is 0 Å². The minimum absolute atomic E-state index is 0.0504. The summed E-state index contributed by atoms with van der Waals surface area (Å²) in [6, 6.07) is 3.94. The van der Waals surface area contributed by atoms with Crippen LogP contribution in [0.15, 0.2) is 23.6 Å². The number of hydrogen-bond donors (Lipinski definition) is 1. The maximum atomic E-state index is 13.1. The van der Waals surface area contributed by atoms with E-state index in [1.807, 2.05) is 0 Å². The fourth-order valence-electron chi connectivity index (χ4n) is 1.70. The van der Waals surface area contributed by atoms with Crippen molar-refractivity contribution in [2.24, 2.45) is 0 Å². The Kier molecular flexibility index (Phi) is 4.50. The van der Waals surface area contributed by atoms with Gasteiger partial charge in [0, 0.05) is 23.9 Å². The predicted octanol–water partition coefficient (Wildman–Crippen LogP) is 4.01. The van der Waals surface area contributed by atoms with E-state index in [0.29, 0.717) is 13.1 Å². The molecule has 0 aliphatic carbocycles. The number of hydrogen-bond acceptors (Lipinski definition) is 3. The minimum atomic E-state index is -0.816. The molecule has 1 aromatic carbocycles. The van der Waals surface area contributed by atoms with Crippen molar-refractivity contribution < 1.29 is 8.78 Å². The Labute approximate surface area is 121 Å². The molecule has 2 nitrogen and oxygen atoms in total. The van der Waals surface area contributed by atoms with Crippen LogP contribution in [0.4, 0.5) is 8.78 Å². The summed E-state index contributed by atoms with van der Waals surface area (Å²) in [5.41, 5.74) is 1.85. The van der Waals surface area contributed by atoms with Crippen molar-refractivity contribution in [2.45, 2.75) is 39.3 Å². The van der Waals surface area contributed by atoms with Crippen LogP contribution in [0, 0.1) is 11.6 Å². The van der Waals surface area contributed by atoms with E-state index < -0.39 is 11.6 Å². The summed E-state index contributed by atoms with van der Waals surface area (Å²) < 4.78 is 25.8. The van der Waals surface area contributed by atoms with E-state index in [1.165, 1.54) is 6.07 Å². The lowest BCUT2D eigenvalue weighted by molar-refractivity contribution is 0.506. The highest BCUT2D eigenvalue weighted by molar-refractivity contribution is 7.09. The fourth-order valence-corrected chi connectivity index (χ4v) is 2.69. The van der Waals surface area contributed by atoms with Crippen LogP contribution in [0.25, 0.3) is 0 Å². The number of aromatic nitrogens is 1. The second kappa shape index (κ2) is 5.97. The molecule has 0 fully saturated rings. The molecule has 0 unspecified atom stereocenters. The molecule has 0 saturated heterocycles. The molecule has 0 amide bonds. The van der Waals surface area contributed by atoms with Gasteiger partial charge in [0.05, 0.1) is 5.69 Å². The first kappa shape index (κ1) is 15.1. The lowest BCUT2D eigenvalue weighted by atomic mass is 9.93. The SMILES string of the molecule is CC(C)(C)c1csc(CNCc2ccc(F)c(F)c2)n1. The average molecular weight is 296 g/mol. The van der Waals surface area contributed by atoms with Gasteiger partial charge in [0.2, 0.25) is 0 Å². The van der Waals surface area contributed by atoms with Crippen molar-refractivity contribution >= 4 is 11.3 Å². The van der Waals surface area contributed by atoms with E-state index in [1.54, 1.807) is 17.4 Å². The molecule has 0 aliphatic rings. The van der Waals surface area contributed by atoms with E-state index in [4.69, 9.17) is 0 Å². The Hall–Kier alpha value is -1.33. The first-order chi connectivity index (χ1) is 9.36. The van der Waals surface area contributed by atoms with Gasteiger partial charge in [-0.05, 0) is 17.7 Å². The van der Waals surface area contributed by atoms with Gasteiger partial charge in [-0.15, -0.1) is 11.3 Å². The largest absolute Gasteiger partial charge is 0.306 e. The van der Waals surface area contributed by atoms with Crippen LogP contribution in [-0.4, -0.2) is 4.98 Å². The lowest BCUT2D eigenvalue weighted by Gasteiger charge is -2.14. The van der Waals surface area contributed by atoms with Crippen molar-refractivity contribution in [1.29, 1.82) is 0 Å². The Morgan fingerprint density at radius 1 is 1.15 bits per heavy atom. The highest BCUT2D eigenvalue weighted by atomic mass is 32.1. The van der Waals surface area contributed by atoms with Crippen molar-refractivity contribution in [3.63, 3.8) is 0 Å². The zero-order valence-electron chi connectivity index (χ0n) is 11.8. The molecule has 0 spiro atoms. The number of thiazole rings is 1. The van der Waals surface area contributed by atoms with Crippen LogP contribution in [0.5, 0.6) is 0 Å². The van der Waals surface area contributed by atoms with Gasteiger partial charge in [0.25, 0.3) is 0 Å². The lowest BCUT2D eigenvalue weighted by Crippen LogP contribution is -2.14. The summed E-state index contributed by atoms with van der Waals surface area (Å²) in [5, 5.41) is 6.25. The van der Waals surface area contributed by atoms with E-state index in [9.17, 15) is 8.78 Å². The van der Waals surface area contributed by atoms with Crippen LogP contribution in [0.3, 0.4) is 0 Å². The first-order valence-corrected chi connectivity index (χ1v) is 7.34. The van der Waals surface area contributed by atoms with Crippen LogP contribution >= 0.6 is 11.3 Å². The third-order valence-corrected chi connectivity index (χ3v) is 3.76. The number of benzene rings is 1. The molecule has 1 heterocycles. The standard InChI is InChI=1S/C15H18F2N2S/c1-15(2,3)13-9-20-14(19-13)8-18-7-10-4-5-11(16)12(17)6-10/h4-6,9,18H,7-8H2,1-3H3. The molecule has 20 heavy (non-hydrogen) atoms. The number of halogens is 2. The predicted molar refractivity (Wildman–Crippen MR) is 77.7 cm³/mol. The van der Waals surface area contributed by atoms with Crippen LogP contribution in [-0.2, 0) is 18.5 Å². The Balaban J connectivity index is 1.89. The molecule has 108 valence electrons. The Morgan fingerprint density at radius 3 is 2.50 bits per heavy atom. The molecule has 5 heteroatoms. The van der Waals surface area contributed by atoms with Gasteiger partial charge in [0.15, 0.2) is 11.6 Å². The van der Waals surface area contributed by atoms with E-state index in [-0.39, 0.29) is 5.41 Å². The molecule has 1 aromatic heterocycles. The molecule has 1 N–H and O–H groups in total. The van der Waals surface area contributed by atoms with Crippen LogP contribution in [0.1, 0.15) is 37.0 Å². The van der Waals surface area contributed by atoms with Crippen molar-refractivity contribution in [3.8, 4) is 0 Å². The fraction of sp³-hybridized carbons (Fsp3) is 0.400. The van der Waals surface area contributed by atoms with Crippen LogP contribution < -0.4 is 5.32 Å². The zero-order chi connectivity index (χ0) is 14.8.